The number of carboxylic acid groups (broad SMARTS) is 2. The maximum Gasteiger partial charge on any atom is 0.303 e. The van der Waals surface area contributed by atoms with Crippen LogP contribution in [0.1, 0.15) is 118 Å². The molecule has 0 spiro atoms. The monoisotopic (exact) mass is 737 g/mol. The Balaban J connectivity index is 1.72. The number of carboxylic acids is 2. The van der Waals surface area contributed by atoms with Gasteiger partial charge in [0.05, 0.1) is 15.7 Å². The van der Waals surface area contributed by atoms with E-state index >= 15 is 0 Å². The van der Waals surface area contributed by atoms with Crippen LogP contribution in [0.25, 0.3) is 0 Å². The number of phenols is 1. The first-order chi connectivity index (χ1) is 24.0. The van der Waals surface area contributed by atoms with Gasteiger partial charge in [-0.2, -0.15) is 13.0 Å². The highest BCUT2D eigenvalue weighted by molar-refractivity contribution is 7.85. The molecule has 0 atom stereocenters. The first-order valence-corrected chi connectivity index (χ1v) is 19.7. The number of rotatable bonds is 17. The van der Waals surface area contributed by atoms with Crippen LogP contribution in [-0.2, 0) is 30.5 Å². The summed E-state index contributed by atoms with van der Waals surface area (Å²) in [4.78, 5) is 24.3. The number of aromatic hydroxyl groups is 1. The predicted molar refractivity (Wildman–Crippen MR) is 205 cm³/mol. The first kappa shape index (κ1) is 40.8. The fourth-order valence-electron chi connectivity index (χ4n) is 8.10. The number of nitrogens with zero attached hydrogens (tertiary/aromatic N) is 2. The number of allylic oxidation sites excluding steroid dienone is 4. The number of hydrogen-bond donors (Lipinski definition) is 4. The normalized spacial score (nSPS) is 17.6. The van der Waals surface area contributed by atoms with Gasteiger partial charge in [0.2, 0.25) is 5.69 Å². The Morgan fingerprint density at radius 2 is 1.42 bits per heavy atom. The molecular formula is C41H57N2O8S+. The van der Waals surface area contributed by atoms with Crippen LogP contribution in [0.5, 0.6) is 5.75 Å². The predicted octanol–water partition coefficient (Wildman–Crippen LogP) is 8.60. The highest BCUT2D eigenvalue weighted by atomic mass is 32.2. The molecule has 0 saturated heterocycles. The Morgan fingerprint density at radius 3 is 2.02 bits per heavy atom. The summed E-state index contributed by atoms with van der Waals surface area (Å²) in [6.07, 6.45) is 11.3. The lowest BCUT2D eigenvalue weighted by Gasteiger charge is -2.32. The fraction of sp³-hybridized carbons (Fsp3) is 0.537. The minimum absolute atomic E-state index is 0.111. The van der Waals surface area contributed by atoms with Crippen molar-refractivity contribution in [2.24, 2.45) is 10.8 Å². The third kappa shape index (κ3) is 8.97. The van der Waals surface area contributed by atoms with Crippen LogP contribution in [0.2, 0.25) is 0 Å². The third-order valence-electron chi connectivity index (χ3n) is 10.6. The van der Waals surface area contributed by atoms with Crippen LogP contribution in [0.15, 0.2) is 65.2 Å². The van der Waals surface area contributed by atoms with Crippen molar-refractivity contribution in [1.82, 2.24) is 0 Å². The second kappa shape index (κ2) is 15.2. The fourth-order valence-corrected chi connectivity index (χ4v) is 8.60. The Labute approximate surface area is 309 Å². The largest absolute Gasteiger partial charge is 0.508 e. The molecule has 10 nitrogen and oxygen atoms in total. The van der Waals surface area contributed by atoms with E-state index in [0.29, 0.717) is 19.4 Å². The summed E-state index contributed by atoms with van der Waals surface area (Å²) in [5, 5.41) is 28.6. The van der Waals surface area contributed by atoms with Crippen LogP contribution in [0.4, 0.5) is 11.4 Å². The van der Waals surface area contributed by atoms with Gasteiger partial charge < -0.3 is 20.2 Å². The summed E-state index contributed by atoms with van der Waals surface area (Å²) in [6, 6.07) is 10.3. The average Bonchev–Trinajstić information content (AvgIpc) is 3.37. The van der Waals surface area contributed by atoms with Crippen LogP contribution < -0.4 is 4.90 Å². The number of aliphatic carboxylic acids is 2. The zero-order chi connectivity index (χ0) is 38.9. The van der Waals surface area contributed by atoms with Crippen molar-refractivity contribution in [3.63, 3.8) is 0 Å². The highest BCUT2D eigenvalue weighted by Crippen LogP contribution is 2.51. The number of phenolic OH excluding ortho intramolecular Hbond substituents is 1. The van der Waals surface area contributed by atoms with Gasteiger partial charge in [-0.25, -0.2) is 0 Å². The van der Waals surface area contributed by atoms with Gasteiger partial charge in [0.25, 0.3) is 10.1 Å². The Morgan fingerprint density at radius 1 is 0.808 bits per heavy atom. The molecule has 2 aliphatic rings. The molecule has 0 unspecified atom stereocenters. The van der Waals surface area contributed by atoms with Crippen LogP contribution in [0, 0.1) is 10.8 Å². The van der Waals surface area contributed by atoms with Gasteiger partial charge in [0, 0.05) is 59.7 Å². The van der Waals surface area contributed by atoms with Crippen molar-refractivity contribution in [1.29, 1.82) is 0 Å². The second-order valence-corrected chi connectivity index (χ2v) is 18.0. The zero-order valence-corrected chi connectivity index (χ0v) is 32.8. The lowest BCUT2D eigenvalue weighted by atomic mass is 9.69. The second-order valence-electron chi connectivity index (χ2n) is 16.6. The van der Waals surface area contributed by atoms with Gasteiger partial charge in [-0.1, -0.05) is 52.3 Å². The van der Waals surface area contributed by atoms with Crippen molar-refractivity contribution in [2.45, 2.75) is 122 Å². The van der Waals surface area contributed by atoms with Crippen LogP contribution in [-0.4, -0.2) is 63.6 Å². The maximum absolute atomic E-state index is 12.2. The number of benzene rings is 2. The SMILES string of the molecule is CC(C)(/C=C/C(C)(C)C1=[N+](CCCCCC(=O)O)c2ccc(S(=O)(=O)O)cc2C1(C)C)/C=C1/N(CCCCCC(=O)O)c2ccc(O)cc2C1(C)C. The average molecular weight is 738 g/mol. The van der Waals surface area contributed by atoms with Crippen LogP contribution >= 0.6 is 0 Å². The van der Waals surface area contributed by atoms with Gasteiger partial charge in [-0.3, -0.25) is 14.1 Å². The summed E-state index contributed by atoms with van der Waals surface area (Å²) in [5.41, 5.74) is 4.01. The topological polar surface area (TPSA) is 155 Å². The van der Waals surface area contributed by atoms with E-state index in [0.717, 1.165) is 66.1 Å². The molecule has 4 N–H and O–H groups in total. The molecule has 284 valence electrons. The number of anilines is 1. The third-order valence-corrected chi connectivity index (χ3v) is 11.4. The van der Waals surface area contributed by atoms with E-state index in [1.807, 2.05) is 12.1 Å². The molecule has 2 aliphatic heterocycles. The van der Waals surface area contributed by atoms with Gasteiger partial charge in [-0.15, -0.1) is 0 Å². The number of fused-ring (bicyclic) bond motifs is 2. The van der Waals surface area contributed by atoms with Gasteiger partial charge in [-0.05, 0) is 89.3 Å². The lowest BCUT2D eigenvalue weighted by Crippen LogP contribution is -2.40. The molecule has 0 aliphatic carbocycles. The van der Waals surface area contributed by atoms with E-state index in [1.54, 1.807) is 18.2 Å². The van der Waals surface area contributed by atoms with Crippen molar-refractivity contribution < 1.29 is 42.5 Å². The standard InChI is InChI=1S/C41H56N2O8S/c1-38(2,27-34-40(5,6)30-25-28(44)17-19-32(30)42(34)23-13-9-11-15-35(45)46)21-22-39(3,4)37-41(7,8)31-26-29(52(49,50)51)18-20-33(31)43(37)24-14-10-12-16-36(47)48/h17-22,25-27H,9-16,23-24H2,1-8H3,(H3-,44,45,46,47,48,49,50,51)/p+1/b22-21+,34-27+. The Kier molecular flexibility index (Phi) is 11.9. The molecule has 4 rings (SSSR count). The minimum Gasteiger partial charge on any atom is -0.508 e. The van der Waals surface area contributed by atoms with E-state index < -0.39 is 43.7 Å². The van der Waals surface area contributed by atoms with Crippen molar-refractivity contribution in [3.8, 4) is 5.75 Å². The van der Waals surface area contributed by atoms with Crippen molar-refractivity contribution in [3.05, 3.63) is 71.5 Å². The molecule has 2 aromatic carbocycles. The van der Waals surface area contributed by atoms with E-state index in [1.165, 1.54) is 6.07 Å². The van der Waals surface area contributed by atoms with E-state index in [2.05, 4.69) is 83.1 Å². The minimum atomic E-state index is -4.41. The summed E-state index contributed by atoms with van der Waals surface area (Å²) < 4.78 is 36.5. The highest BCUT2D eigenvalue weighted by Gasteiger charge is 2.52. The van der Waals surface area contributed by atoms with Gasteiger partial charge in [0.15, 0.2) is 5.71 Å². The van der Waals surface area contributed by atoms with E-state index in [-0.39, 0.29) is 23.5 Å². The lowest BCUT2D eigenvalue weighted by molar-refractivity contribution is -0.443. The number of carbonyl (C=O) groups is 2. The molecule has 0 aromatic heterocycles. The summed E-state index contributed by atoms with van der Waals surface area (Å²) >= 11 is 0. The van der Waals surface area contributed by atoms with Crippen molar-refractivity contribution >= 4 is 39.1 Å². The van der Waals surface area contributed by atoms with Crippen molar-refractivity contribution in [2.75, 3.05) is 18.0 Å². The molecule has 0 radical (unpaired) electrons. The van der Waals surface area contributed by atoms with Gasteiger partial charge >= 0.3 is 11.9 Å². The molecule has 11 heteroatoms. The van der Waals surface area contributed by atoms with E-state index in [4.69, 9.17) is 10.2 Å². The number of hydrogen-bond acceptors (Lipinski definition) is 6. The Hall–Kier alpha value is -3.96. The molecule has 2 aromatic rings. The first-order valence-electron chi connectivity index (χ1n) is 18.2. The Bertz CT molecular complexity index is 1900. The molecule has 0 saturated carbocycles. The van der Waals surface area contributed by atoms with Gasteiger partial charge in [0.1, 0.15) is 12.3 Å². The summed E-state index contributed by atoms with van der Waals surface area (Å²) in [5.74, 6) is -1.39. The quantitative estimate of drug-likeness (QED) is 0.0541. The molecule has 0 bridgehead atoms. The molecular weight excluding hydrogens is 681 g/mol. The zero-order valence-electron chi connectivity index (χ0n) is 32.0. The smallest absolute Gasteiger partial charge is 0.303 e. The molecule has 0 amide bonds. The molecule has 0 fully saturated rings. The maximum atomic E-state index is 12.2. The molecule has 52 heavy (non-hydrogen) atoms. The summed E-state index contributed by atoms with van der Waals surface area (Å²) in [7, 11) is -4.41. The van der Waals surface area contributed by atoms with E-state index in [9.17, 15) is 27.7 Å². The molecule has 2 heterocycles. The summed E-state index contributed by atoms with van der Waals surface area (Å²) in [6.45, 7) is 18.4. The number of unbranched alkanes of at least 4 members (excludes halogenated alkanes) is 4. The van der Waals surface area contributed by atoms with Crippen LogP contribution in [0.3, 0.4) is 0 Å².